The number of nitrogens with zero attached hydrogens (tertiary/aromatic N) is 1. The Morgan fingerprint density at radius 3 is 2.24 bits per heavy atom. The summed E-state index contributed by atoms with van der Waals surface area (Å²) in [6, 6.07) is 10.1. The van der Waals surface area contributed by atoms with E-state index in [1.807, 2.05) is 12.1 Å². The standard InChI is InChI=1S/C23H20Cl2N2O5S/c1-23(2,3)13-4-6-14(7-5-13)27-21(31)15(20(30)26-22(27)33)8-12-9-16(24)19(17(25)10-12)32-11-18(28)29/h4-10H,11H2,1-3H3,(H,28,29)(H,26,30,33)/p-1/b15-8+. The number of hydrogen-bond donors (Lipinski definition) is 1. The van der Waals surface area contributed by atoms with Crippen molar-refractivity contribution in [1.29, 1.82) is 0 Å². The first-order valence-corrected chi connectivity index (χ1v) is 10.9. The molecule has 2 amide bonds. The van der Waals surface area contributed by atoms with Gasteiger partial charge in [-0.05, 0) is 59.1 Å². The summed E-state index contributed by atoms with van der Waals surface area (Å²) in [5, 5.41) is 13.1. The Labute approximate surface area is 205 Å². The van der Waals surface area contributed by atoms with Crippen LogP contribution in [0.2, 0.25) is 10.0 Å². The van der Waals surface area contributed by atoms with Gasteiger partial charge < -0.3 is 14.6 Å². The highest BCUT2D eigenvalue weighted by Crippen LogP contribution is 2.35. The largest absolute Gasteiger partial charge is 0.546 e. The number of amides is 2. The van der Waals surface area contributed by atoms with Crippen molar-refractivity contribution >= 4 is 70.1 Å². The number of benzene rings is 2. The normalized spacial score (nSPS) is 15.6. The molecular weight excluding hydrogens is 487 g/mol. The topological polar surface area (TPSA) is 98.8 Å². The average molecular weight is 506 g/mol. The second-order valence-corrected chi connectivity index (χ2v) is 9.43. The van der Waals surface area contributed by atoms with E-state index in [0.717, 1.165) is 5.56 Å². The number of nitrogens with one attached hydrogen (secondary N) is 1. The lowest BCUT2D eigenvalue weighted by Crippen LogP contribution is -2.54. The Bertz CT molecular complexity index is 1160. The highest BCUT2D eigenvalue weighted by Gasteiger charge is 2.34. The van der Waals surface area contributed by atoms with E-state index in [-0.39, 0.29) is 31.9 Å². The van der Waals surface area contributed by atoms with Crippen molar-refractivity contribution in [1.82, 2.24) is 5.32 Å². The number of halogens is 2. The van der Waals surface area contributed by atoms with E-state index < -0.39 is 24.4 Å². The molecule has 10 heteroatoms. The number of anilines is 1. The smallest absolute Gasteiger partial charge is 0.270 e. The van der Waals surface area contributed by atoms with Crippen LogP contribution in [-0.4, -0.2) is 29.5 Å². The molecule has 0 atom stereocenters. The molecule has 0 aliphatic carbocycles. The lowest BCUT2D eigenvalue weighted by molar-refractivity contribution is -0.307. The van der Waals surface area contributed by atoms with E-state index in [4.69, 9.17) is 40.2 Å². The van der Waals surface area contributed by atoms with E-state index in [1.165, 1.54) is 23.1 Å². The molecular formula is C23H19Cl2N2O5S-. The van der Waals surface area contributed by atoms with Crippen molar-refractivity contribution in [2.24, 2.45) is 0 Å². The Hall–Kier alpha value is -2.94. The zero-order chi connectivity index (χ0) is 24.5. The molecule has 1 aliphatic heterocycles. The number of carbonyl (C=O) groups is 3. The third-order valence-corrected chi connectivity index (χ3v) is 5.61. The van der Waals surface area contributed by atoms with Crippen LogP contribution in [0.1, 0.15) is 31.9 Å². The Kier molecular flexibility index (Phi) is 7.11. The van der Waals surface area contributed by atoms with Crippen molar-refractivity contribution in [3.05, 3.63) is 63.1 Å². The molecule has 0 aromatic heterocycles. The van der Waals surface area contributed by atoms with Crippen LogP contribution >= 0.6 is 35.4 Å². The molecule has 0 spiro atoms. The summed E-state index contributed by atoms with van der Waals surface area (Å²) in [7, 11) is 0. The first-order valence-electron chi connectivity index (χ1n) is 9.72. The second-order valence-electron chi connectivity index (χ2n) is 8.23. The molecule has 0 radical (unpaired) electrons. The van der Waals surface area contributed by atoms with Crippen LogP contribution in [0.3, 0.4) is 0 Å². The average Bonchev–Trinajstić information content (AvgIpc) is 2.70. The molecule has 172 valence electrons. The van der Waals surface area contributed by atoms with E-state index in [0.29, 0.717) is 11.3 Å². The zero-order valence-corrected chi connectivity index (χ0v) is 20.2. The van der Waals surface area contributed by atoms with Crippen LogP contribution < -0.4 is 20.1 Å². The Morgan fingerprint density at radius 2 is 1.73 bits per heavy atom. The number of thiocarbonyl (C=S) groups is 1. The van der Waals surface area contributed by atoms with Crippen molar-refractivity contribution in [3.8, 4) is 5.75 Å². The minimum Gasteiger partial charge on any atom is -0.546 e. The van der Waals surface area contributed by atoms with Gasteiger partial charge in [-0.15, -0.1) is 0 Å². The van der Waals surface area contributed by atoms with Gasteiger partial charge >= 0.3 is 0 Å². The Morgan fingerprint density at radius 1 is 1.15 bits per heavy atom. The molecule has 33 heavy (non-hydrogen) atoms. The predicted octanol–water partition coefficient (Wildman–Crippen LogP) is 3.25. The summed E-state index contributed by atoms with van der Waals surface area (Å²) < 4.78 is 5.02. The van der Waals surface area contributed by atoms with Crippen LogP contribution in [0.25, 0.3) is 6.08 Å². The van der Waals surface area contributed by atoms with Gasteiger partial charge in [0, 0.05) is 0 Å². The van der Waals surface area contributed by atoms with Gasteiger partial charge in [-0.25, -0.2) is 0 Å². The first kappa shape index (κ1) is 24.7. The fourth-order valence-corrected chi connectivity index (χ4v) is 3.99. The first-order chi connectivity index (χ1) is 15.4. The fraction of sp³-hybridized carbons (Fsp3) is 0.217. The molecule has 1 fully saturated rings. The summed E-state index contributed by atoms with van der Waals surface area (Å²) in [5.74, 6) is -2.77. The van der Waals surface area contributed by atoms with E-state index >= 15 is 0 Å². The maximum absolute atomic E-state index is 13.2. The minimum absolute atomic E-state index is 0.00409. The molecule has 7 nitrogen and oxygen atoms in total. The number of hydrogen-bond acceptors (Lipinski definition) is 6. The number of aliphatic carboxylic acids is 1. The molecule has 1 aliphatic rings. The van der Waals surface area contributed by atoms with Crippen molar-refractivity contribution in [2.75, 3.05) is 11.5 Å². The number of carboxylic acids is 1. The SMILES string of the molecule is CC(C)(C)c1ccc(N2C(=O)/C(=C/c3cc(Cl)c(OCC(=O)[O-])c(Cl)c3)C(=O)NC2=S)cc1. The quantitative estimate of drug-likeness (QED) is 0.380. The van der Waals surface area contributed by atoms with Gasteiger partial charge in [0.25, 0.3) is 11.8 Å². The maximum Gasteiger partial charge on any atom is 0.270 e. The molecule has 3 rings (SSSR count). The maximum atomic E-state index is 13.2. The number of carbonyl (C=O) groups excluding carboxylic acids is 3. The highest BCUT2D eigenvalue weighted by molar-refractivity contribution is 7.80. The molecule has 1 heterocycles. The molecule has 0 unspecified atom stereocenters. The Balaban J connectivity index is 1.95. The minimum atomic E-state index is -1.44. The summed E-state index contributed by atoms with van der Waals surface area (Å²) in [6.45, 7) is 5.49. The van der Waals surface area contributed by atoms with Crippen LogP contribution in [-0.2, 0) is 19.8 Å². The second kappa shape index (κ2) is 9.51. The monoisotopic (exact) mass is 505 g/mol. The molecule has 1 N–H and O–H groups in total. The number of ether oxygens (including phenoxy) is 1. The molecule has 0 saturated carbocycles. The summed E-state index contributed by atoms with van der Waals surface area (Å²) in [4.78, 5) is 37.6. The summed E-state index contributed by atoms with van der Waals surface area (Å²) in [6.07, 6.45) is 1.32. The molecule has 2 aromatic carbocycles. The number of rotatable bonds is 5. The summed E-state index contributed by atoms with van der Waals surface area (Å²) in [5.41, 5.74) is 1.66. The van der Waals surface area contributed by atoms with Crippen LogP contribution in [0.4, 0.5) is 5.69 Å². The van der Waals surface area contributed by atoms with Gasteiger partial charge in [-0.1, -0.05) is 56.1 Å². The third kappa shape index (κ3) is 5.52. The fourth-order valence-electron chi connectivity index (χ4n) is 3.10. The zero-order valence-electron chi connectivity index (χ0n) is 17.9. The van der Waals surface area contributed by atoms with Crippen LogP contribution in [0.5, 0.6) is 5.75 Å². The third-order valence-electron chi connectivity index (χ3n) is 4.76. The molecule has 2 aromatic rings. The molecule has 1 saturated heterocycles. The lowest BCUT2D eigenvalue weighted by Gasteiger charge is -2.29. The van der Waals surface area contributed by atoms with E-state index in [9.17, 15) is 19.5 Å². The van der Waals surface area contributed by atoms with Gasteiger partial charge in [-0.3, -0.25) is 19.8 Å². The van der Waals surface area contributed by atoms with Gasteiger partial charge in [-0.2, -0.15) is 0 Å². The van der Waals surface area contributed by atoms with Crippen molar-refractivity contribution in [2.45, 2.75) is 26.2 Å². The van der Waals surface area contributed by atoms with Crippen LogP contribution in [0, 0.1) is 0 Å². The van der Waals surface area contributed by atoms with Gasteiger partial charge in [0.15, 0.2) is 10.9 Å². The van der Waals surface area contributed by atoms with Crippen molar-refractivity contribution < 1.29 is 24.2 Å². The molecule has 0 bridgehead atoms. The van der Waals surface area contributed by atoms with E-state index in [1.54, 1.807) is 12.1 Å². The van der Waals surface area contributed by atoms with Gasteiger partial charge in [0.1, 0.15) is 12.2 Å². The van der Waals surface area contributed by atoms with Gasteiger partial charge in [0.2, 0.25) is 0 Å². The highest BCUT2D eigenvalue weighted by atomic mass is 35.5. The predicted molar refractivity (Wildman–Crippen MR) is 128 cm³/mol. The summed E-state index contributed by atoms with van der Waals surface area (Å²) >= 11 is 17.5. The number of carboxylic acid groups (broad SMARTS) is 1. The van der Waals surface area contributed by atoms with Gasteiger partial charge in [0.05, 0.1) is 21.7 Å². The van der Waals surface area contributed by atoms with Crippen molar-refractivity contribution in [3.63, 3.8) is 0 Å². The van der Waals surface area contributed by atoms with Crippen LogP contribution in [0.15, 0.2) is 42.0 Å². The lowest BCUT2D eigenvalue weighted by atomic mass is 9.87. The van der Waals surface area contributed by atoms with E-state index in [2.05, 4.69) is 26.1 Å².